The number of alkyl halides is 2. The van der Waals surface area contributed by atoms with Crippen LogP contribution in [0.2, 0.25) is 5.02 Å². The maximum Gasteiger partial charge on any atom is 0.240 e. The van der Waals surface area contributed by atoms with Crippen LogP contribution in [-0.4, -0.2) is 37.5 Å². The van der Waals surface area contributed by atoms with Gasteiger partial charge in [0.1, 0.15) is 5.82 Å². The molecule has 0 spiro atoms. The molecule has 1 aliphatic heterocycles. The van der Waals surface area contributed by atoms with Gasteiger partial charge in [0.05, 0.1) is 0 Å². The highest BCUT2D eigenvalue weighted by molar-refractivity contribution is 6.30. The van der Waals surface area contributed by atoms with Crippen LogP contribution in [0.25, 0.3) is 0 Å². The fraction of sp³-hybridized carbons (Fsp3) is 0.538. The van der Waals surface area contributed by atoms with Crippen molar-refractivity contribution in [3.05, 3.63) is 34.6 Å². The molecule has 0 aromatic heterocycles. The van der Waals surface area contributed by atoms with Gasteiger partial charge in [0.2, 0.25) is 6.43 Å². The van der Waals surface area contributed by atoms with Gasteiger partial charge in [-0.25, -0.2) is 13.2 Å². The molecular weight excluding hydrogens is 277 g/mol. The van der Waals surface area contributed by atoms with Crippen molar-refractivity contribution in [2.24, 2.45) is 0 Å². The van der Waals surface area contributed by atoms with Crippen LogP contribution in [0.1, 0.15) is 18.0 Å². The second-order valence-corrected chi connectivity index (χ2v) is 5.03. The second-order valence-electron chi connectivity index (χ2n) is 4.59. The summed E-state index contributed by atoms with van der Waals surface area (Å²) in [5.74, 6) is -0.517. The van der Waals surface area contributed by atoms with Crippen LogP contribution in [0.5, 0.6) is 0 Å². The van der Waals surface area contributed by atoms with Crippen LogP contribution < -0.4 is 5.32 Å². The van der Waals surface area contributed by atoms with E-state index < -0.39 is 18.3 Å². The molecule has 1 aromatic rings. The summed E-state index contributed by atoms with van der Waals surface area (Å²) in [6, 6.07) is 3.63. The molecule has 0 radical (unpaired) electrons. The van der Waals surface area contributed by atoms with E-state index in [9.17, 15) is 13.2 Å². The molecule has 6 heteroatoms. The molecule has 1 atom stereocenters. The third kappa shape index (κ3) is 3.84. The summed E-state index contributed by atoms with van der Waals surface area (Å²) < 4.78 is 39.4. The first-order chi connectivity index (χ1) is 9.08. The molecular formula is C13H16ClF3N2. The number of nitrogens with zero attached hydrogens (tertiary/aromatic N) is 1. The van der Waals surface area contributed by atoms with Crippen LogP contribution in [0.3, 0.4) is 0 Å². The minimum atomic E-state index is -2.46. The van der Waals surface area contributed by atoms with Crippen LogP contribution in [0.4, 0.5) is 13.2 Å². The maximum atomic E-state index is 13.9. The number of benzene rings is 1. The van der Waals surface area contributed by atoms with Crippen LogP contribution >= 0.6 is 11.6 Å². The summed E-state index contributed by atoms with van der Waals surface area (Å²) in [4.78, 5) is 1.90. The lowest BCUT2D eigenvalue weighted by Gasteiger charge is -2.35. The summed E-state index contributed by atoms with van der Waals surface area (Å²) in [6.45, 7) is 2.74. The van der Waals surface area contributed by atoms with Crippen LogP contribution in [0, 0.1) is 5.82 Å². The van der Waals surface area contributed by atoms with E-state index in [1.807, 2.05) is 4.90 Å². The molecule has 1 saturated heterocycles. The predicted octanol–water partition coefficient (Wildman–Crippen LogP) is 3.08. The zero-order valence-corrected chi connectivity index (χ0v) is 11.1. The molecule has 2 nitrogen and oxygen atoms in total. The quantitative estimate of drug-likeness (QED) is 0.917. The van der Waals surface area contributed by atoms with E-state index in [-0.39, 0.29) is 11.4 Å². The zero-order valence-electron chi connectivity index (χ0n) is 10.4. The highest BCUT2D eigenvalue weighted by Gasteiger charge is 2.27. The topological polar surface area (TPSA) is 15.3 Å². The van der Waals surface area contributed by atoms with Crippen molar-refractivity contribution in [3.8, 4) is 0 Å². The number of rotatable bonds is 4. The van der Waals surface area contributed by atoms with Gasteiger partial charge in [0, 0.05) is 49.2 Å². The Bertz CT molecular complexity index is 422. The summed E-state index contributed by atoms with van der Waals surface area (Å²) >= 11 is 5.70. The molecule has 1 heterocycles. The van der Waals surface area contributed by atoms with Crippen molar-refractivity contribution in [1.82, 2.24) is 10.2 Å². The molecule has 0 unspecified atom stereocenters. The highest BCUT2D eigenvalue weighted by Crippen LogP contribution is 2.30. The van der Waals surface area contributed by atoms with E-state index in [4.69, 9.17) is 11.6 Å². The Labute approximate surface area is 115 Å². The third-order valence-electron chi connectivity index (χ3n) is 3.32. The monoisotopic (exact) mass is 292 g/mol. The summed E-state index contributed by atoms with van der Waals surface area (Å²) in [5.41, 5.74) is 0.298. The fourth-order valence-corrected chi connectivity index (χ4v) is 2.57. The molecule has 19 heavy (non-hydrogen) atoms. The predicted molar refractivity (Wildman–Crippen MR) is 69.2 cm³/mol. The van der Waals surface area contributed by atoms with E-state index in [0.29, 0.717) is 18.7 Å². The molecule has 1 N–H and O–H groups in total. The summed E-state index contributed by atoms with van der Waals surface area (Å²) in [7, 11) is 0. The Morgan fingerprint density at radius 1 is 1.26 bits per heavy atom. The van der Waals surface area contributed by atoms with Gasteiger partial charge < -0.3 is 5.32 Å². The van der Waals surface area contributed by atoms with Crippen molar-refractivity contribution in [1.29, 1.82) is 0 Å². The molecule has 2 rings (SSSR count). The van der Waals surface area contributed by atoms with Crippen molar-refractivity contribution in [2.75, 3.05) is 26.2 Å². The molecule has 106 valence electrons. The molecule has 0 saturated carbocycles. The Kier molecular flexibility index (Phi) is 5.07. The van der Waals surface area contributed by atoms with Crippen molar-refractivity contribution in [3.63, 3.8) is 0 Å². The van der Waals surface area contributed by atoms with E-state index in [1.54, 1.807) is 6.07 Å². The van der Waals surface area contributed by atoms with Gasteiger partial charge in [-0.05, 0) is 12.1 Å². The molecule has 1 fully saturated rings. The van der Waals surface area contributed by atoms with Crippen LogP contribution in [-0.2, 0) is 0 Å². The van der Waals surface area contributed by atoms with Crippen LogP contribution in [0.15, 0.2) is 18.2 Å². The van der Waals surface area contributed by atoms with E-state index in [2.05, 4.69) is 5.32 Å². The maximum absolute atomic E-state index is 13.9. The number of piperazine rings is 1. The highest BCUT2D eigenvalue weighted by atomic mass is 35.5. The number of nitrogens with one attached hydrogen (secondary N) is 1. The summed E-state index contributed by atoms with van der Waals surface area (Å²) in [6.07, 6.45) is -2.83. The van der Waals surface area contributed by atoms with Gasteiger partial charge in [-0.3, -0.25) is 4.90 Å². The lowest BCUT2D eigenvalue weighted by molar-refractivity contribution is 0.0725. The average Bonchev–Trinajstić information content (AvgIpc) is 2.37. The van der Waals surface area contributed by atoms with Gasteiger partial charge in [0.25, 0.3) is 0 Å². The fourth-order valence-electron chi connectivity index (χ4n) is 2.41. The minimum absolute atomic E-state index is 0.275. The second kappa shape index (κ2) is 6.59. The van der Waals surface area contributed by atoms with Gasteiger partial charge >= 0.3 is 0 Å². The van der Waals surface area contributed by atoms with E-state index in [0.717, 1.165) is 13.1 Å². The van der Waals surface area contributed by atoms with E-state index in [1.165, 1.54) is 12.1 Å². The zero-order chi connectivity index (χ0) is 13.8. The van der Waals surface area contributed by atoms with Crippen molar-refractivity contribution < 1.29 is 13.2 Å². The standard InChI is InChI=1S/C13H16ClF3N2/c14-9-1-2-10(11(15)7-9)12(8-13(16)17)19-5-3-18-4-6-19/h1-2,7,12-13,18H,3-6,8H2/t12-/m0/s1. The Balaban J connectivity index is 2.25. The molecule has 0 aliphatic carbocycles. The first-order valence-electron chi connectivity index (χ1n) is 6.26. The lowest BCUT2D eigenvalue weighted by atomic mass is 10.0. The smallest absolute Gasteiger partial charge is 0.240 e. The molecule has 1 aliphatic rings. The number of hydrogen-bond acceptors (Lipinski definition) is 2. The van der Waals surface area contributed by atoms with Gasteiger partial charge in [-0.1, -0.05) is 17.7 Å². The normalized spacial score (nSPS) is 18.8. The number of hydrogen-bond donors (Lipinski definition) is 1. The number of halogens is 4. The summed E-state index contributed by atoms with van der Waals surface area (Å²) in [5, 5.41) is 3.43. The molecule has 0 amide bonds. The average molecular weight is 293 g/mol. The molecule has 1 aromatic carbocycles. The largest absolute Gasteiger partial charge is 0.314 e. The third-order valence-corrected chi connectivity index (χ3v) is 3.55. The first-order valence-corrected chi connectivity index (χ1v) is 6.63. The minimum Gasteiger partial charge on any atom is -0.314 e. The SMILES string of the molecule is Fc1cc(Cl)ccc1[C@H](CC(F)F)N1CCNCC1. The van der Waals surface area contributed by atoms with Gasteiger partial charge in [-0.15, -0.1) is 0 Å². The van der Waals surface area contributed by atoms with Crippen molar-refractivity contribution in [2.45, 2.75) is 18.9 Å². The van der Waals surface area contributed by atoms with Gasteiger partial charge in [0.15, 0.2) is 0 Å². The van der Waals surface area contributed by atoms with Gasteiger partial charge in [-0.2, -0.15) is 0 Å². The van der Waals surface area contributed by atoms with E-state index >= 15 is 0 Å². The lowest BCUT2D eigenvalue weighted by Crippen LogP contribution is -2.45. The molecule has 0 bridgehead atoms. The Hall–Kier alpha value is -0.780. The first kappa shape index (κ1) is 14.6. The van der Waals surface area contributed by atoms with Crippen molar-refractivity contribution >= 4 is 11.6 Å². The Morgan fingerprint density at radius 3 is 2.53 bits per heavy atom. The Morgan fingerprint density at radius 2 is 1.95 bits per heavy atom.